The number of esters is 2. The zero-order valence-electron chi connectivity index (χ0n) is 19.1. The molecule has 176 valence electrons. The first-order chi connectivity index (χ1) is 15.4. The minimum Gasteiger partial charge on any atom is -0.477 e. The van der Waals surface area contributed by atoms with Gasteiger partial charge in [0.2, 0.25) is 0 Å². The van der Waals surface area contributed by atoms with Crippen LogP contribution in [0.25, 0.3) is 5.65 Å². The van der Waals surface area contributed by atoms with Crippen molar-refractivity contribution < 1.29 is 29.0 Å². The Labute approximate surface area is 190 Å². The molecule has 0 amide bonds. The van der Waals surface area contributed by atoms with Gasteiger partial charge in [0.1, 0.15) is 11.4 Å². The summed E-state index contributed by atoms with van der Waals surface area (Å²) in [5.74, 6) is -2.13. The number of carbonyl (C=O) groups is 3. The molecule has 0 fully saturated rings. The minimum absolute atomic E-state index is 0.0494. The number of aromatic carboxylic acids is 1. The molecule has 0 aliphatic rings. The number of benzene rings is 1. The third kappa shape index (κ3) is 6.50. The second-order valence-electron chi connectivity index (χ2n) is 8.02. The van der Waals surface area contributed by atoms with Crippen LogP contribution in [0, 0.1) is 6.92 Å². The normalized spacial score (nSPS) is 10.8. The van der Waals surface area contributed by atoms with Crippen LogP contribution in [0.2, 0.25) is 0 Å². The average molecular weight is 457 g/mol. The molecule has 0 atom stereocenters. The third-order valence-electron chi connectivity index (χ3n) is 4.21. The molecule has 5 N–H and O–H groups in total. The highest BCUT2D eigenvalue weighted by atomic mass is 16.6. The SMILES string of the molecule is COC(=O)c1cc(C(=O)O)nc2cc(N)nn12.Cc1cc(CN)ccc1C(=O)OC(C)(C)C. The summed E-state index contributed by atoms with van der Waals surface area (Å²) >= 11 is 0. The molecule has 11 heteroatoms. The van der Waals surface area contributed by atoms with Gasteiger partial charge in [0.15, 0.2) is 17.0 Å². The highest BCUT2D eigenvalue weighted by Gasteiger charge is 2.19. The van der Waals surface area contributed by atoms with Crippen LogP contribution in [0.15, 0.2) is 30.3 Å². The van der Waals surface area contributed by atoms with Crippen molar-refractivity contribution >= 4 is 29.4 Å². The second kappa shape index (κ2) is 10.1. The molecule has 0 saturated heterocycles. The van der Waals surface area contributed by atoms with Crippen molar-refractivity contribution in [3.63, 3.8) is 0 Å². The van der Waals surface area contributed by atoms with Crippen molar-refractivity contribution in [1.29, 1.82) is 0 Å². The molecule has 3 rings (SSSR count). The van der Waals surface area contributed by atoms with Crippen LogP contribution in [0.1, 0.15) is 63.2 Å². The van der Waals surface area contributed by atoms with Gasteiger partial charge in [-0.15, -0.1) is 5.10 Å². The first-order valence-electron chi connectivity index (χ1n) is 9.87. The predicted molar refractivity (Wildman–Crippen MR) is 120 cm³/mol. The highest BCUT2D eigenvalue weighted by Crippen LogP contribution is 2.16. The summed E-state index contributed by atoms with van der Waals surface area (Å²) in [4.78, 5) is 37.9. The summed E-state index contributed by atoms with van der Waals surface area (Å²) in [5.41, 5.74) is 12.9. The van der Waals surface area contributed by atoms with E-state index in [0.717, 1.165) is 21.7 Å². The highest BCUT2D eigenvalue weighted by molar-refractivity contribution is 5.93. The number of nitrogens with two attached hydrogens (primary N) is 2. The monoisotopic (exact) mass is 457 g/mol. The van der Waals surface area contributed by atoms with Crippen LogP contribution in [-0.2, 0) is 16.0 Å². The van der Waals surface area contributed by atoms with Gasteiger partial charge in [0, 0.05) is 18.7 Å². The molecule has 0 spiro atoms. The van der Waals surface area contributed by atoms with Crippen molar-refractivity contribution in [1.82, 2.24) is 14.6 Å². The number of carbonyl (C=O) groups excluding carboxylic acids is 2. The molecule has 2 aromatic heterocycles. The molecule has 0 radical (unpaired) electrons. The number of fused-ring (bicyclic) bond motifs is 1. The maximum absolute atomic E-state index is 11.8. The summed E-state index contributed by atoms with van der Waals surface area (Å²) in [6.07, 6.45) is 0. The van der Waals surface area contributed by atoms with Gasteiger partial charge < -0.3 is 26.0 Å². The van der Waals surface area contributed by atoms with Crippen molar-refractivity contribution in [3.8, 4) is 0 Å². The van der Waals surface area contributed by atoms with Gasteiger partial charge in [0.25, 0.3) is 0 Å². The molecule has 0 unspecified atom stereocenters. The lowest BCUT2D eigenvalue weighted by atomic mass is 10.0. The average Bonchev–Trinajstić information content (AvgIpc) is 3.11. The summed E-state index contributed by atoms with van der Waals surface area (Å²) in [6.45, 7) is 7.94. The third-order valence-corrected chi connectivity index (χ3v) is 4.21. The van der Waals surface area contributed by atoms with Gasteiger partial charge in [-0.3, -0.25) is 0 Å². The van der Waals surface area contributed by atoms with E-state index in [1.54, 1.807) is 6.07 Å². The van der Waals surface area contributed by atoms with Crippen LogP contribution in [0.4, 0.5) is 5.82 Å². The Morgan fingerprint density at radius 1 is 1.12 bits per heavy atom. The van der Waals surface area contributed by atoms with Gasteiger partial charge >= 0.3 is 17.9 Å². The van der Waals surface area contributed by atoms with Crippen LogP contribution < -0.4 is 11.5 Å². The molecular weight excluding hydrogens is 430 g/mol. The number of carboxylic acids is 1. The van der Waals surface area contributed by atoms with Gasteiger partial charge in [0.05, 0.1) is 12.7 Å². The fourth-order valence-electron chi connectivity index (χ4n) is 2.77. The lowest BCUT2D eigenvalue weighted by molar-refractivity contribution is 0.00683. The lowest BCUT2D eigenvalue weighted by Crippen LogP contribution is -2.24. The standard InChI is InChI=1S/C13H19NO2.C9H8N4O4/c1-9-7-10(8-14)5-6-11(9)12(15)16-13(2,3)4;1-17-9(16)5-2-4(8(14)15)11-7-3-6(10)12-13(5)7/h5-7H,8,14H2,1-4H3;2-3H,1H3,(H2,10,12)(H,14,15). The van der Waals surface area contributed by atoms with Crippen molar-refractivity contribution in [2.75, 3.05) is 12.8 Å². The summed E-state index contributed by atoms with van der Waals surface area (Å²) in [6, 6.07) is 7.98. The molecule has 33 heavy (non-hydrogen) atoms. The van der Waals surface area contributed by atoms with Crippen molar-refractivity contribution in [3.05, 3.63) is 58.4 Å². The van der Waals surface area contributed by atoms with E-state index < -0.39 is 17.5 Å². The van der Waals surface area contributed by atoms with Crippen LogP contribution in [0.3, 0.4) is 0 Å². The Morgan fingerprint density at radius 3 is 2.30 bits per heavy atom. The van der Waals surface area contributed by atoms with E-state index in [2.05, 4.69) is 14.8 Å². The number of hydrogen-bond donors (Lipinski definition) is 3. The fourth-order valence-corrected chi connectivity index (χ4v) is 2.77. The number of hydrogen-bond acceptors (Lipinski definition) is 9. The van der Waals surface area contributed by atoms with E-state index in [4.69, 9.17) is 21.3 Å². The lowest BCUT2D eigenvalue weighted by Gasteiger charge is -2.20. The van der Waals surface area contributed by atoms with E-state index in [-0.39, 0.29) is 28.8 Å². The Hall–Kier alpha value is -3.99. The Bertz CT molecular complexity index is 1200. The maximum Gasteiger partial charge on any atom is 0.356 e. The molecule has 0 bridgehead atoms. The zero-order chi connectivity index (χ0) is 24.9. The molecule has 3 aromatic rings. The van der Waals surface area contributed by atoms with E-state index >= 15 is 0 Å². The van der Waals surface area contributed by atoms with Crippen molar-refractivity contribution in [2.45, 2.75) is 39.8 Å². The van der Waals surface area contributed by atoms with Gasteiger partial charge in [-0.1, -0.05) is 12.1 Å². The topological polar surface area (TPSA) is 172 Å². The zero-order valence-corrected chi connectivity index (χ0v) is 19.1. The Balaban J connectivity index is 0.000000234. The number of methoxy groups -OCH3 is 1. The van der Waals surface area contributed by atoms with E-state index in [9.17, 15) is 14.4 Å². The van der Waals surface area contributed by atoms with E-state index in [1.807, 2.05) is 39.8 Å². The van der Waals surface area contributed by atoms with Crippen LogP contribution in [0.5, 0.6) is 0 Å². The van der Waals surface area contributed by atoms with Gasteiger partial charge in [-0.2, -0.15) is 0 Å². The van der Waals surface area contributed by atoms with Gasteiger partial charge in [-0.25, -0.2) is 23.9 Å². The summed E-state index contributed by atoms with van der Waals surface area (Å²) < 4.78 is 11.0. The molecular formula is C22H27N5O6. The number of rotatable bonds is 4. The quantitative estimate of drug-likeness (QED) is 0.493. The Kier molecular flexibility index (Phi) is 7.72. The van der Waals surface area contributed by atoms with Crippen LogP contribution in [-0.4, -0.2) is 50.3 Å². The fraction of sp³-hybridized carbons (Fsp3) is 0.318. The minimum atomic E-state index is -1.25. The number of nitrogen functional groups attached to an aromatic ring is 1. The second-order valence-corrected chi connectivity index (χ2v) is 8.02. The maximum atomic E-state index is 11.8. The molecule has 11 nitrogen and oxygen atoms in total. The summed E-state index contributed by atoms with van der Waals surface area (Å²) in [7, 11) is 1.18. The number of aromatic nitrogens is 3. The van der Waals surface area contributed by atoms with E-state index in [0.29, 0.717) is 12.1 Å². The predicted octanol–water partition coefficient (Wildman–Crippen LogP) is 2.21. The number of anilines is 1. The first-order valence-corrected chi connectivity index (χ1v) is 9.87. The number of aryl methyl sites for hydroxylation is 1. The smallest absolute Gasteiger partial charge is 0.356 e. The van der Waals surface area contributed by atoms with Crippen LogP contribution >= 0.6 is 0 Å². The number of carboxylic acid groups (broad SMARTS) is 1. The first kappa shape index (κ1) is 25.3. The van der Waals surface area contributed by atoms with Gasteiger partial charge in [-0.05, 0) is 44.9 Å². The molecule has 0 aliphatic carbocycles. The number of ether oxygens (including phenoxy) is 2. The Morgan fingerprint density at radius 2 is 1.79 bits per heavy atom. The molecule has 1 aromatic carbocycles. The van der Waals surface area contributed by atoms with Crippen molar-refractivity contribution in [2.24, 2.45) is 5.73 Å². The number of nitrogens with zero attached hydrogens (tertiary/aromatic N) is 3. The largest absolute Gasteiger partial charge is 0.477 e. The molecule has 0 aliphatic heterocycles. The van der Waals surface area contributed by atoms with E-state index in [1.165, 1.54) is 13.2 Å². The molecule has 0 saturated carbocycles. The summed E-state index contributed by atoms with van der Waals surface area (Å²) in [5, 5.41) is 12.7. The molecule has 2 heterocycles.